The van der Waals surface area contributed by atoms with Gasteiger partial charge in [0, 0.05) is 25.0 Å². The summed E-state index contributed by atoms with van der Waals surface area (Å²) in [4.78, 5) is 24.2. The van der Waals surface area contributed by atoms with E-state index in [9.17, 15) is 9.59 Å². The van der Waals surface area contributed by atoms with Crippen LogP contribution < -0.4 is 20.1 Å². The number of benzene rings is 1. The first-order valence-corrected chi connectivity index (χ1v) is 13.6. The fraction of sp³-hybridized carbons (Fsp3) is 0.714. The second-order valence-electron chi connectivity index (χ2n) is 8.88. The molecule has 34 heavy (non-hydrogen) atoms. The highest BCUT2D eigenvalue weighted by atomic mass is 16.5. The molecule has 0 bridgehead atoms. The number of ether oxygens (including phenoxy) is 2. The molecule has 0 heterocycles. The molecule has 194 valence electrons. The van der Waals surface area contributed by atoms with Crippen molar-refractivity contribution >= 4 is 23.2 Å². The van der Waals surface area contributed by atoms with Gasteiger partial charge in [0.1, 0.15) is 0 Å². The quantitative estimate of drug-likeness (QED) is 0.188. The Bertz CT molecular complexity index is 647. The van der Waals surface area contributed by atoms with E-state index < -0.39 is 0 Å². The van der Waals surface area contributed by atoms with E-state index in [0.717, 1.165) is 25.7 Å². The van der Waals surface area contributed by atoms with Crippen molar-refractivity contribution in [2.24, 2.45) is 0 Å². The third-order valence-electron chi connectivity index (χ3n) is 5.79. The third kappa shape index (κ3) is 12.9. The molecule has 6 nitrogen and oxygen atoms in total. The van der Waals surface area contributed by atoms with Crippen molar-refractivity contribution in [3.05, 3.63) is 12.1 Å². The maximum absolute atomic E-state index is 12.1. The van der Waals surface area contributed by atoms with E-state index >= 15 is 0 Å². The van der Waals surface area contributed by atoms with Crippen LogP contribution in [0.5, 0.6) is 11.5 Å². The fourth-order valence-corrected chi connectivity index (χ4v) is 3.60. The van der Waals surface area contributed by atoms with Crippen molar-refractivity contribution < 1.29 is 19.1 Å². The molecule has 0 spiro atoms. The van der Waals surface area contributed by atoms with Gasteiger partial charge >= 0.3 is 0 Å². The van der Waals surface area contributed by atoms with Crippen LogP contribution in [0.2, 0.25) is 0 Å². The van der Waals surface area contributed by atoms with Crippen molar-refractivity contribution in [2.45, 2.75) is 118 Å². The van der Waals surface area contributed by atoms with E-state index in [-0.39, 0.29) is 11.8 Å². The predicted molar refractivity (Wildman–Crippen MR) is 142 cm³/mol. The Morgan fingerprint density at radius 1 is 0.588 bits per heavy atom. The minimum Gasteiger partial charge on any atom is -0.490 e. The summed E-state index contributed by atoms with van der Waals surface area (Å²) in [5, 5.41) is 5.78. The van der Waals surface area contributed by atoms with Gasteiger partial charge in [-0.15, -0.1) is 0 Å². The number of carbonyl (C=O) groups excluding carboxylic acids is 2. The first-order chi connectivity index (χ1) is 16.5. The van der Waals surface area contributed by atoms with E-state index in [1.807, 2.05) is 0 Å². The van der Waals surface area contributed by atoms with Crippen LogP contribution in [0.15, 0.2) is 12.1 Å². The van der Waals surface area contributed by atoms with E-state index in [1.165, 1.54) is 51.4 Å². The van der Waals surface area contributed by atoms with Crippen LogP contribution >= 0.6 is 0 Å². The molecule has 0 aliphatic heterocycles. The lowest BCUT2D eigenvalue weighted by atomic mass is 10.1. The molecule has 2 amide bonds. The number of hydrogen-bond donors (Lipinski definition) is 2. The number of nitrogens with one attached hydrogen (secondary N) is 2. The maximum Gasteiger partial charge on any atom is 0.224 e. The summed E-state index contributed by atoms with van der Waals surface area (Å²) in [5.41, 5.74) is 1.08. The molecular weight excluding hydrogens is 428 g/mol. The maximum atomic E-state index is 12.1. The van der Waals surface area contributed by atoms with Gasteiger partial charge in [-0.2, -0.15) is 0 Å². The van der Waals surface area contributed by atoms with Gasteiger partial charge in [0.05, 0.1) is 24.6 Å². The number of rotatable bonds is 20. The van der Waals surface area contributed by atoms with Crippen LogP contribution in [0, 0.1) is 0 Å². The van der Waals surface area contributed by atoms with Gasteiger partial charge in [-0.25, -0.2) is 0 Å². The average Bonchev–Trinajstić information content (AvgIpc) is 2.84. The molecule has 0 aliphatic rings. The Labute approximate surface area is 207 Å². The van der Waals surface area contributed by atoms with Crippen molar-refractivity contribution in [3.63, 3.8) is 0 Å². The molecule has 1 rings (SSSR count). The lowest BCUT2D eigenvalue weighted by Crippen LogP contribution is -2.16. The van der Waals surface area contributed by atoms with Crippen molar-refractivity contribution in [1.82, 2.24) is 0 Å². The zero-order chi connectivity index (χ0) is 25.0. The molecule has 0 saturated carbocycles. The molecule has 1 aromatic rings. The van der Waals surface area contributed by atoms with Crippen molar-refractivity contribution in [3.8, 4) is 11.5 Å². The minimum absolute atomic E-state index is 0.116. The van der Waals surface area contributed by atoms with Gasteiger partial charge in [0.25, 0.3) is 0 Å². The molecule has 2 N–H and O–H groups in total. The van der Waals surface area contributed by atoms with E-state index in [4.69, 9.17) is 9.47 Å². The largest absolute Gasteiger partial charge is 0.490 e. The van der Waals surface area contributed by atoms with Crippen molar-refractivity contribution in [2.75, 3.05) is 23.8 Å². The Morgan fingerprint density at radius 2 is 0.941 bits per heavy atom. The van der Waals surface area contributed by atoms with Crippen LogP contribution in [-0.4, -0.2) is 25.0 Å². The first-order valence-electron chi connectivity index (χ1n) is 13.6. The lowest BCUT2D eigenvalue weighted by molar-refractivity contribution is -0.116. The summed E-state index contributed by atoms with van der Waals surface area (Å²) in [6.45, 7) is 9.23. The summed E-state index contributed by atoms with van der Waals surface area (Å²) < 4.78 is 12.2. The SMILES string of the molecule is CCCCCCCCOc1cc(NC(=O)CC)c(NC(=O)CC)cc1OCCCCCCCC. The van der Waals surface area contributed by atoms with Gasteiger partial charge in [0.15, 0.2) is 11.5 Å². The van der Waals surface area contributed by atoms with Crippen LogP contribution in [0.25, 0.3) is 0 Å². The van der Waals surface area contributed by atoms with Gasteiger partial charge in [0.2, 0.25) is 11.8 Å². The van der Waals surface area contributed by atoms with Crippen LogP contribution in [-0.2, 0) is 9.59 Å². The molecule has 0 radical (unpaired) electrons. The van der Waals surface area contributed by atoms with Crippen molar-refractivity contribution in [1.29, 1.82) is 0 Å². The van der Waals surface area contributed by atoms with Gasteiger partial charge in [-0.1, -0.05) is 91.9 Å². The molecule has 0 atom stereocenters. The smallest absolute Gasteiger partial charge is 0.224 e. The zero-order valence-electron chi connectivity index (χ0n) is 22.1. The molecule has 0 saturated heterocycles. The highest BCUT2D eigenvalue weighted by molar-refractivity contribution is 6.00. The molecule has 0 aromatic heterocycles. The monoisotopic (exact) mass is 476 g/mol. The average molecular weight is 477 g/mol. The predicted octanol–water partition coefficient (Wildman–Crippen LogP) is 7.86. The number of anilines is 2. The standard InChI is InChI=1S/C28H48N2O4/c1-5-9-11-13-15-17-19-33-25-21-23(29-27(31)7-3)24(30-28(32)8-4)22-26(25)34-20-18-16-14-12-10-6-2/h21-22H,5-20H2,1-4H3,(H,29,31)(H,30,32). The van der Waals surface area contributed by atoms with Crippen LogP contribution in [0.3, 0.4) is 0 Å². The Morgan fingerprint density at radius 3 is 1.29 bits per heavy atom. The number of unbranched alkanes of at least 4 members (excludes halogenated alkanes) is 10. The number of amides is 2. The summed E-state index contributed by atoms with van der Waals surface area (Å²) in [5.74, 6) is 0.991. The van der Waals surface area contributed by atoms with Crippen LogP contribution in [0.1, 0.15) is 118 Å². The molecule has 1 aromatic carbocycles. The van der Waals surface area contributed by atoms with Gasteiger partial charge < -0.3 is 20.1 Å². The highest BCUT2D eigenvalue weighted by Crippen LogP contribution is 2.37. The molecule has 0 fully saturated rings. The fourth-order valence-electron chi connectivity index (χ4n) is 3.60. The zero-order valence-corrected chi connectivity index (χ0v) is 22.1. The van der Waals surface area contributed by atoms with Gasteiger partial charge in [-0.05, 0) is 12.8 Å². The molecule has 0 unspecified atom stereocenters. The van der Waals surface area contributed by atoms with Gasteiger partial charge in [-0.3, -0.25) is 9.59 Å². The Balaban J connectivity index is 2.90. The third-order valence-corrected chi connectivity index (χ3v) is 5.79. The Kier molecular flexibility index (Phi) is 16.7. The second kappa shape index (κ2) is 19.1. The highest BCUT2D eigenvalue weighted by Gasteiger charge is 2.16. The molecule has 0 aliphatic carbocycles. The Hall–Kier alpha value is -2.24. The normalized spacial score (nSPS) is 10.7. The van der Waals surface area contributed by atoms with E-state index in [2.05, 4.69) is 24.5 Å². The van der Waals surface area contributed by atoms with E-state index in [0.29, 0.717) is 48.9 Å². The van der Waals surface area contributed by atoms with E-state index in [1.54, 1.807) is 26.0 Å². The minimum atomic E-state index is -0.116. The topological polar surface area (TPSA) is 76.7 Å². The first kappa shape index (κ1) is 29.8. The number of hydrogen-bond acceptors (Lipinski definition) is 4. The summed E-state index contributed by atoms with van der Waals surface area (Å²) in [6.07, 6.45) is 14.9. The summed E-state index contributed by atoms with van der Waals surface area (Å²) in [6, 6.07) is 3.57. The molecular formula is C28H48N2O4. The van der Waals surface area contributed by atoms with Crippen LogP contribution in [0.4, 0.5) is 11.4 Å². The number of carbonyl (C=O) groups is 2. The lowest BCUT2D eigenvalue weighted by Gasteiger charge is -2.18. The molecule has 6 heteroatoms. The second-order valence-corrected chi connectivity index (χ2v) is 8.88. The summed E-state index contributed by atoms with van der Waals surface area (Å²) in [7, 11) is 0. The summed E-state index contributed by atoms with van der Waals surface area (Å²) >= 11 is 0.